The van der Waals surface area contributed by atoms with Gasteiger partial charge in [0, 0.05) is 37.0 Å². The molecule has 1 fully saturated rings. The van der Waals surface area contributed by atoms with E-state index in [1.54, 1.807) is 29.2 Å². The van der Waals surface area contributed by atoms with E-state index in [9.17, 15) is 13.2 Å². The lowest BCUT2D eigenvalue weighted by molar-refractivity contribution is -0.129. The van der Waals surface area contributed by atoms with Crippen LogP contribution < -0.4 is 0 Å². The summed E-state index contributed by atoms with van der Waals surface area (Å²) < 4.78 is 26.8. The van der Waals surface area contributed by atoms with Gasteiger partial charge in [-0.15, -0.1) is 11.8 Å². The Morgan fingerprint density at radius 2 is 1.66 bits per heavy atom. The van der Waals surface area contributed by atoms with Gasteiger partial charge in [-0.1, -0.05) is 23.7 Å². The summed E-state index contributed by atoms with van der Waals surface area (Å²) in [5.41, 5.74) is 1.67. The van der Waals surface area contributed by atoms with Gasteiger partial charge in [0.1, 0.15) is 0 Å². The Hall–Kier alpha value is -2.05. The molecule has 0 bridgehead atoms. The van der Waals surface area contributed by atoms with Crippen LogP contribution in [0, 0.1) is 11.3 Å². The molecule has 0 aromatic heterocycles. The maximum atomic E-state index is 12.7. The molecule has 0 saturated carbocycles. The van der Waals surface area contributed by atoms with E-state index in [1.807, 2.05) is 12.1 Å². The molecule has 0 atom stereocenters. The van der Waals surface area contributed by atoms with E-state index < -0.39 is 10.0 Å². The van der Waals surface area contributed by atoms with Gasteiger partial charge in [0.05, 0.1) is 22.3 Å². The number of carbonyl (C=O) groups is 1. The quantitative estimate of drug-likeness (QED) is 0.677. The molecule has 0 unspecified atom stereocenters. The molecule has 1 aliphatic rings. The zero-order valence-electron chi connectivity index (χ0n) is 15.6. The minimum absolute atomic E-state index is 0.00665. The molecule has 152 valence electrons. The summed E-state index contributed by atoms with van der Waals surface area (Å²) in [7, 11) is -3.58. The van der Waals surface area contributed by atoms with Gasteiger partial charge in [-0.3, -0.25) is 4.79 Å². The molecule has 0 N–H and O–H groups in total. The highest BCUT2D eigenvalue weighted by Gasteiger charge is 2.29. The summed E-state index contributed by atoms with van der Waals surface area (Å²) in [5.74, 6) is 1.03. The van der Waals surface area contributed by atoms with Crippen LogP contribution in [0.15, 0.2) is 53.4 Å². The second kappa shape index (κ2) is 9.63. The first-order valence-corrected chi connectivity index (χ1v) is 12.0. The number of sulfonamides is 1. The Morgan fingerprint density at radius 1 is 1.03 bits per heavy atom. The predicted molar refractivity (Wildman–Crippen MR) is 114 cm³/mol. The maximum Gasteiger partial charge on any atom is 0.243 e. The summed E-state index contributed by atoms with van der Waals surface area (Å²) in [6.07, 6.45) is 0. The average Bonchev–Trinajstić information content (AvgIpc) is 2.74. The van der Waals surface area contributed by atoms with Crippen molar-refractivity contribution in [1.29, 1.82) is 5.26 Å². The molecule has 0 spiro atoms. The van der Waals surface area contributed by atoms with Gasteiger partial charge in [-0.2, -0.15) is 9.57 Å². The molecule has 1 saturated heterocycles. The molecular formula is C20H20ClN3O3S2. The fourth-order valence-corrected chi connectivity index (χ4v) is 5.39. The van der Waals surface area contributed by atoms with Gasteiger partial charge in [0.2, 0.25) is 15.9 Å². The lowest BCUT2D eigenvalue weighted by atomic mass is 10.2. The number of piperazine rings is 1. The number of rotatable bonds is 6. The number of halogens is 1. The van der Waals surface area contributed by atoms with Crippen LogP contribution in [-0.4, -0.2) is 55.5 Å². The SMILES string of the molecule is N#Cc1ccc(CSCC(=O)N2CCN(S(=O)(=O)c3ccc(Cl)cc3)CC2)cc1. The van der Waals surface area contributed by atoms with Crippen LogP contribution in [0.25, 0.3) is 0 Å². The molecule has 1 heterocycles. The van der Waals surface area contributed by atoms with Crippen molar-refractivity contribution in [3.63, 3.8) is 0 Å². The molecule has 1 aliphatic heterocycles. The highest BCUT2D eigenvalue weighted by molar-refractivity contribution is 7.99. The largest absolute Gasteiger partial charge is 0.339 e. The fourth-order valence-electron chi connectivity index (χ4n) is 2.96. The molecular weight excluding hydrogens is 430 g/mol. The van der Waals surface area contributed by atoms with E-state index in [0.717, 1.165) is 5.56 Å². The van der Waals surface area contributed by atoms with Crippen LogP contribution in [-0.2, 0) is 20.6 Å². The normalized spacial score (nSPS) is 15.1. The Morgan fingerprint density at radius 3 is 2.24 bits per heavy atom. The van der Waals surface area contributed by atoms with E-state index in [2.05, 4.69) is 6.07 Å². The zero-order chi connectivity index (χ0) is 20.9. The summed E-state index contributed by atoms with van der Waals surface area (Å²) in [6, 6.07) is 15.5. The van der Waals surface area contributed by atoms with E-state index in [4.69, 9.17) is 16.9 Å². The number of amides is 1. The topological polar surface area (TPSA) is 81.5 Å². The molecule has 2 aromatic carbocycles. The fraction of sp³-hybridized carbons (Fsp3) is 0.300. The Kier molecular flexibility index (Phi) is 7.19. The highest BCUT2D eigenvalue weighted by atomic mass is 35.5. The second-order valence-electron chi connectivity index (χ2n) is 6.54. The van der Waals surface area contributed by atoms with Crippen molar-refractivity contribution in [2.45, 2.75) is 10.6 Å². The van der Waals surface area contributed by atoms with Crippen LogP contribution in [0.2, 0.25) is 5.02 Å². The number of nitriles is 1. The van der Waals surface area contributed by atoms with Crippen LogP contribution in [0.4, 0.5) is 0 Å². The monoisotopic (exact) mass is 449 g/mol. The summed E-state index contributed by atoms with van der Waals surface area (Å²) in [6.45, 7) is 1.31. The molecule has 6 nitrogen and oxygen atoms in total. The average molecular weight is 450 g/mol. The molecule has 2 aromatic rings. The van der Waals surface area contributed by atoms with Crippen LogP contribution in [0.1, 0.15) is 11.1 Å². The third-order valence-corrected chi connectivity index (χ3v) is 7.77. The number of thioether (sulfide) groups is 1. The van der Waals surface area contributed by atoms with Crippen molar-refractivity contribution in [3.05, 3.63) is 64.7 Å². The molecule has 1 amide bonds. The minimum atomic E-state index is -3.58. The number of nitrogens with zero attached hydrogens (tertiary/aromatic N) is 3. The van der Waals surface area contributed by atoms with Gasteiger partial charge in [0.25, 0.3) is 0 Å². The van der Waals surface area contributed by atoms with E-state index in [1.165, 1.54) is 28.2 Å². The van der Waals surface area contributed by atoms with Gasteiger partial charge in [-0.05, 0) is 42.0 Å². The van der Waals surface area contributed by atoms with Crippen LogP contribution in [0.5, 0.6) is 0 Å². The number of hydrogen-bond donors (Lipinski definition) is 0. The van der Waals surface area contributed by atoms with Crippen molar-refractivity contribution in [2.24, 2.45) is 0 Å². The van der Waals surface area contributed by atoms with Crippen LogP contribution >= 0.6 is 23.4 Å². The van der Waals surface area contributed by atoms with Crippen molar-refractivity contribution in [3.8, 4) is 6.07 Å². The number of benzene rings is 2. The van der Waals surface area contributed by atoms with E-state index in [-0.39, 0.29) is 23.9 Å². The van der Waals surface area contributed by atoms with E-state index >= 15 is 0 Å². The zero-order valence-corrected chi connectivity index (χ0v) is 18.0. The maximum absolute atomic E-state index is 12.7. The highest BCUT2D eigenvalue weighted by Crippen LogP contribution is 2.20. The molecule has 0 radical (unpaired) electrons. The lowest BCUT2D eigenvalue weighted by Crippen LogP contribution is -2.50. The molecule has 9 heteroatoms. The summed E-state index contributed by atoms with van der Waals surface area (Å²) in [4.78, 5) is 14.3. The number of carbonyl (C=O) groups excluding carboxylic acids is 1. The first-order valence-electron chi connectivity index (χ1n) is 9.00. The minimum Gasteiger partial charge on any atom is -0.339 e. The lowest BCUT2D eigenvalue weighted by Gasteiger charge is -2.34. The summed E-state index contributed by atoms with van der Waals surface area (Å²) >= 11 is 7.34. The van der Waals surface area contributed by atoms with Crippen LogP contribution in [0.3, 0.4) is 0 Å². The smallest absolute Gasteiger partial charge is 0.243 e. The van der Waals surface area contributed by atoms with Crippen molar-refractivity contribution < 1.29 is 13.2 Å². The molecule has 3 rings (SSSR count). The Balaban J connectivity index is 1.47. The van der Waals surface area contributed by atoms with Gasteiger partial charge in [-0.25, -0.2) is 8.42 Å². The number of hydrogen-bond acceptors (Lipinski definition) is 5. The summed E-state index contributed by atoms with van der Waals surface area (Å²) in [5, 5.41) is 9.30. The second-order valence-corrected chi connectivity index (χ2v) is 9.90. The van der Waals surface area contributed by atoms with Gasteiger partial charge in [0.15, 0.2) is 0 Å². The van der Waals surface area contributed by atoms with Crippen molar-refractivity contribution >= 4 is 39.3 Å². The Bertz CT molecular complexity index is 995. The third kappa shape index (κ3) is 5.52. The van der Waals surface area contributed by atoms with Gasteiger partial charge >= 0.3 is 0 Å². The first-order chi connectivity index (χ1) is 13.9. The molecule has 0 aliphatic carbocycles. The Labute approximate surface area is 180 Å². The van der Waals surface area contributed by atoms with Crippen molar-refractivity contribution in [2.75, 3.05) is 31.9 Å². The van der Waals surface area contributed by atoms with E-state index in [0.29, 0.717) is 35.2 Å². The first kappa shape index (κ1) is 21.7. The third-order valence-electron chi connectivity index (χ3n) is 4.62. The van der Waals surface area contributed by atoms with Crippen molar-refractivity contribution in [1.82, 2.24) is 9.21 Å². The van der Waals surface area contributed by atoms with Gasteiger partial charge < -0.3 is 4.90 Å². The molecule has 29 heavy (non-hydrogen) atoms. The standard InChI is InChI=1S/C20H20ClN3O3S2/c21-18-5-7-19(8-6-18)29(26,27)24-11-9-23(10-12-24)20(25)15-28-14-17-3-1-16(13-22)2-4-17/h1-8H,9-12,14-15H2. The predicted octanol–water partition coefficient (Wildman–Crippen LogP) is 2.98.